The Hall–Kier alpha value is -3.02. The maximum atomic E-state index is 13.1. The number of halogens is 1. The zero-order chi connectivity index (χ0) is 18.1. The molecule has 2 aromatic heterocycles. The molecular weight excluding hydrogens is 331 g/mol. The summed E-state index contributed by atoms with van der Waals surface area (Å²) >= 11 is 0. The normalized spacial score (nSPS) is 15.3. The topological polar surface area (TPSA) is 70.7 Å². The first kappa shape index (κ1) is 16.4. The number of carbonyl (C=O) groups excluding carboxylic acids is 1. The highest BCUT2D eigenvalue weighted by atomic mass is 19.1. The molecular formula is C20H19FN4O. The van der Waals surface area contributed by atoms with Gasteiger partial charge in [0.2, 0.25) is 5.91 Å². The number of aryl methyl sites for hydroxylation is 1. The van der Waals surface area contributed by atoms with Gasteiger partial charge in [-0.3, -0.25) is 14.9 Å². The van der Waals surface area contributed by atoms with Gasteiger partial charge in [0, 0.05) is 17.6 Å². The number of carbonyl (C=O) groups is 1. The van der Waals surface area contributed by atoms with Crippen molar-refractivity contribution in [1.29, 1.82) is 0 Å². The third-order valence-corrected chi connectivity index (χ3v) is 5.03. The van der Waals surface area contributed by atoms with Crippen molar-refractivity contribution in [2.75, 3.05) is 5.32 Å². The largest absolute Gasteiger partial charge is 0.325 e. The molecule has 2 heterocycles. The molecule has 0 saturated heterocycles. The Morgan fingerprint density at radius 3 is 2.46 bits per heavy atom. The number of aromatic nitrogens is 3. The van der Waals surface area contributed by atoms with Crippen LogP contribution in [0.4, 0.5) is 10.1 Å². The van der Waals surface area contributed by atoms with Crippen molar-refractivity contribution < 1.29 is 9.18 Å². The number of hydrogen-bond donors (Lipinski definition) is 2. The SMILES string of the molecule is Cc1cc(-c2ccc(C3(C(=O)Nc4ccc(F)cc4)CCC3)cn2)n[nH]1. The number of anilines is 1. The van der Waals surface area contributed by atoms with Crippen molar-refractivity contribution in [2.24, 2.45) is 0 Å². The number of amides is 1. The molecule has 1 aromatic carbocycles. The first-order valence-corrected chi connectivity index (χ1v) is 8.63. The quantitative estimate of drug-likeness (QED) is 0.748. The van der Waals surface area contributed by atoms with Crippen LogP contribution in [0.1, 0.15) is 30.5 Å². The van der Waals surface area contributed by atoms with Crippen molar-refractivity contribution >= 4 is 11.6 Å². The molecule has 1 aliphatic rings. The molecule has 1 aliphatic carbocycles. The minimum Gasteiger partial charge on any atom is -0.325 e. The van der Waals surface area contributed by atoms with E-state index in [1.54, 1.807) is 18.3 Å². The predicted octanol–water partition coefficient (Wildman–Crippen LogP) is 3.98. The van der Waals surface area contributed by atoms with Gasteiger partial charge in [-0.15, -0.1) is 0 Å². The van der Waals surface area contributed by atoms with Gasteiger partial charge in [0.1, 0.15) is 11.5 Å². The Balaban J connectivity index is 1.57. The van der Waals surface area contributed by atoms with E-state index in [4.69, 9.17) is 0 Å². The van der Waals surface area contributed by atoms with Crippen molar-refractivity contribution in [3.05, 3.63) is 65.7 Å². The molecule has 6 heteroatoms. The predicted molar refractivity (Wildman–Crippen MR) is 97.1 cm³/mol. The number of H-pyrrole nitrogens is 1. The van der Waals surface area contributed by atoms with E-state index < -0.39 is 5.41 Å². The van der Waals surface area contributed by atoms with Crippen LogP contribution >= 0.6 is 0 Å². The van der Waals surface area contributed by atoms with Crippen LogP contribution in [0.25, 0.3) is 11.4 Å². The summed E-state index contributed by atoms with van der Waals surface area (Å²) in [6.07, 6.45) is 4.32. The first-order chi connectivity index (χ1) is 12.6. The summed E-state index contributed by atoms with van der Waals surface area (Å²) in [6, 6.07) is 11.6. The molecule has 0 atom stereocenters. The molecule has 1 amide bonds. The van der Waals surface area contributed by atoms with Gasteiger partial charge in [0.15, 0.2) is 0 Å². The monoisotopic (exact) mass is 350 g/mol. The fourth-order valence-corrected chi connectivity index (χ4v) is 3.34. The van der Waals surface area contributed by atoms with Gasteiger partial charge in [0.05, 0.1) is 11.1 Å². The van der Waals surface area contributed by atoms with Crippen LogP contribution in [0.5, 0.6) is 0 Å². The number of rotatable bonds is 4. The highest BCUT2D eigenvalue weighted by Crippen LogP contribution is 2.44. The number of benzene rings is 1. The molecule has 0 radical (unpaired) electrons. The Morgan fingerprint density at radius 2 is 1.92 bits per heavy atom. The van der Waals surface area contributed by atoms with E-state index in [0.29, 0.717) is 5.69 Å². The molecule has 0 spiro atoms. The standard InChI is InChI=1S/C20H19FN4O/c1-13-11-18(25-24-13)17-8-3-14(12-22-17)20(9-2-10-20)19(26)23-16-6-4-15(21)5-7-16/h3-8,11-12H,2,9-10H2,1H3,(H,23,26)(H,24,25). The number of pyridine rings is 1. The van der Waals surface area contributed by atoms with Crippen molar-refractivity contribution in [3.8, 4) is 11.4 Å². The first-order valence-electron chi connectivity index (χ1n) is 8.63. The summed E-state index contributed by atoms with van der Waals surface area (Å²) in [5.41, 5.74) is 3.46. The average Bonchev–Trinajstić information content (AvgIpc) is 3.03. The molecule has 0 bridgehead atoms. The summed E-state index contributed by atoms with van der Waals surface area (Å²) in [7, 11) is 0. The third-order valence-electron chi connectivity index (χ3n) is 5.03. The van der Waals surface area contributed by atoms with Crippen LogP contribution in [0.15, 0.2) is 48.7 Å². The maximum Gasteiger partial charge on any atom is 0.235 e. The van der Waals surface area contributed by atoms with E-state index in [1.807, 2.05) is 25.1 Å². The highest BCUT2D eigenvalue weighted by Gasteiger charge is 2.45. The lowest BCUT2D eigenvalue weighted by atomic mass is 9.64. The molecule has 132 valence electrons. The highest BCUT2D eigenvalue weighted by molar-refractivity contribution is 5.99. The number of nitrogens with one attached hydrogen (secondary N) is 2. The maximum absolute atomic E-state index is 13.1. The second-order valence-electron chi connectivity index (χ2n) is 6.76. The van der Waals surface area contributed by atoms with Gasteiger partial charge in [-0.05, 0) is 61.7 Å². The number of hydrogen-bond acceptors (Lipinski definition) is 3. The Kier molecular flexibility index (Phi) is 4.03. The third kappa shape index (κ3) is 2.87. The molecule has 0 aliphatic heterocycles. The van der Waals surface area contributed by atoms with E-state index in [-0.39, 0.29) is 11.7 Å². The van der Waals surface area contributed by atoms with Gasteiger partial charge in [0.25, 0.3) is 0 Å². The summed E-state index contributed by atoms with van der Waals surface area (Å²) in [6.45, 7) is 1.94. The molecule has 5 nitrogen and oxygen atoms in total. The fourth-order valence-electron chi connectivity index (χ4n) is 3.34. The summed E-state index contributed by atoms with van der Waals surface area (Å²) in [4.78, 5) is 17.4. The molecule has 3 aromatic rings. The Bertz CT molecular complexity index is 927. The van der Waals surface area contributed by atoms with Gasteiger partial charge >= 0.3 is 0 Å². The number of aromatic amines is 1. The summed E-state index contributed by atoms with van der Waals surface area (Å²) < 4.78 is 13.1. The zero-order valence-corrected chi connectivity index (χ0v) is 14.4. The molecule has 4 rings (SSSR count). The van der Waals surface area contributed by atoms with Gasteiger partial charge in [-0.2, -0.15) is 5.10 Å². The Labute approximate surface area is 150 Å². The molecule has 1 saturated carbocycles. The van der Waals surface area contributed by atoms with Crippen molar-refractivity contribution in [1.82, 2.24) is 15.2 Å². The number of nitrogens with zero attached hydrogens (tertiary/aromatic N) is 2. The summed E-state index contributed by atoms with van der Waals surface area (Å²) in [5.74, 6) is -0.393. The zero-order valence-electron chi connectivity index (χ0n) is 14.4. The minimum atomic E-state index is -0.568. The van der Waals surface area contributed by atoms with Crippen molar-refractivity contribution in [3.63, 3.8) is 0 Å². The van der Waals surface area contributed by atoms with E-state index in [2.05, 4.69) is 20.5 Å². The lowest BCUT2D eigenvalue weighted by molar-refractivity contribution is -0.124. The lowest BCUT2D eigenvalue weighted by Gasteiger charge is -2.40. The average molecular weight is 350 g/mol. The van der Waals surface area contributed by atoms with Crippen LogP contribution in [0.2, 0.25) is 0 Å². The van der Waals surface area contributed by atoms with E-state index in [1.165, 1.54) is 12.1 Å². The van der Waals surface area contributed by atoms with Crippen LogP contribution in [0, 0.1) is 12.7 Å². The van der Waals surface area contributed by atoms with Gasteiger partial charge < -0.3 is 5.32 Å². The van der Waals surface area contributed by atoms with Crippen molar-refractivity contribution in [2.45, 2.75) is 31.6 Å². The molecule has 26 heavy (non-hydrogen) atoms. The smallest absolute Gasteiger partial charge is 0.235 e. The summed E-state index contributed by atoms with van der Waals surface area (Å²) in [5, 5.41) is 10.0. The fraction of sp³-hybridized carbons (Fsp3) is 0.250. The van der Waals surface area contributed by atoms with Crippen LogP contribution < -0.4 is 5.32 Å². The Morgan fingerprint density at radius 1 is 1.15 bits per heavy atom. The molecule has 1 fully saturated rings. The van der Waals surface area contributed by atoms with Crippen LogP contribution in [-0.4, -0.2) is 21.1 Å². The second-order valence-corrected chi connectivity index (χ2v) is 6.76. The van der Waals surface area contributed by atoms with E-state index >= 15 is 0 Å². The lowest BCUT2D eigenvalue weighted by Crippen LogP contribution is -2.46. The van der Waals surface area contributed by atoms with E-state index in [9.17, 15) is 9.18 Å². The van der Waals surface area contributed by atoms with Crippen LogP contribution in [0.3, 0.4) is 0 Å². The molecule has 0 unspecified atom stereocenters. The second kappa shape index (κ2) is 6.37. The minimum absolute atomic E-state index is 0.0690. The van der Waals surface area contributed by atoms with Gasteiger partial charge in [-0.25, -0.2) is 4.39 Å². The van der Waals surface area contributed by atoms with Crippen LogP contribution in [-0.2, 0) is 10.2 Å². The van der Waals surface area contributed by atoms with E-state index in [0.717, 1.165) is 41.9 Å². The molecule has 2 N–H and O–H groups in total. The van der Waals surface area contributed by atoms with Gasteiger partial charge in [-0.1, -0.05) is 12.5 Å².